The summed E-state index contributed by atoms with van der Waals surface area (Å²) in [5, 5.41) is 65.7. The highest BCUT2D eigenvalue weighted by Crippen LogP contribution is 2.46. The van der Waals surface area contributed by atoms with Crippen LogP contribution in [-0.4, -0.2) is 41.1 Å². The maximum Gasteiger partial charge on any atom is 0.284 e. The molecule has 228 valence electrons. The van der Waals surface area contributed by atoms with Crippen LogP contribution in [0, 0.1) is 60.7 Å². The van der Waals surface area contributed by atoms with Gasteiger partial charge in [-0.2, -0.15) is 0 Å². The first-order valence-corrected chi connectivity index (χ1v) is 12.2. The van der Waals surface area contributed by atoms with Gasteiger partial charge in [-0.3, -0.25) is 70.3 Å². The summed E-state index contributed by atoms with van der Waals surface area (Å²) in [6, 6.07) is 10.1. The highest BCUT2D eigenvalue weighted by Gasteiger charge is 2.38. The van der Waals surface area contributed by atoms with Crippen molar-refractivity contribution >= 4 is 45.7 Å². The van der Waals surface area contributed by atoms with Gasteiger partial charge in [0.1, 0.15) is 0 Å². The minimum absolute atomic E-state index is 0.0597. The van der Waals surface area contributed by atoms with Crippen molar-refractivity contribution in [3.05, 3.63) is 144 Å². The predicted molar refractivity (Wildman–Crippen MR) is 151 cm³/mol. The lowest BCUT2D eigenvalue weighted by atomic mass is 10.0. The molecule has 0 N–H and O–H groups in total. The SMILES string of the molecule is O=C1c2cc([N+](=O)[O-])ccc2-c2c1cc([N+](=O)[O-])cc2[N+](=O)[O-].O=C1c2cc([N+](=O)[O-])ccc2-c2c1cc([N+](=O)[O-])cc2[N+](=O)[O-]. The normalized spacial score (nSPS) is 11.7. The van der Waals surface area contributed by atoms with Crippen molar-refractivity contribution in [3.63, 3.8) is 0 Å². The van der Waals surface area contributed by atoms with Gasteiger partial charge in [0, 0.05) is 69.8 Å². The third kappa shape index (κ3) is 4.78. The third-order valence-electron chi connectivity index (χ3n) is 6.96. The highest BCUT2D eigenvalue weighted by molar-refractivity contribution is 6.24. The molecule has 0 radical (unpaired) electrons. The first-order chi connectivity index (χ1) is 21.6. The van der Waals surface area contributed by atoms with Crippen LogP contribution in [0.25, 0.3) is 22.3 Å². The number of fused-ring (bicyclic) bond motifs is 6. The van der Waals surface area contributed by atoms with E-state index in [0.717, 1.165) is 48.5 Å². The molecular formula is C26H10N6O14. The monoisotopic (exact) mass is 630 g/mol. The van der Waals surface area contributed by atoms with E-state index in [1.54, 1.807) is 0 Å². The Balaban J connectivity index is 0.000000181. The lowest BCUT2D eigenvalue weighted by molar-refractivity contribution is -0.394. The fraction of sp³-hybridized carbons (Fsp3) is 0. The van der Waals surface area contributed by atoms with Crippen molar-refractivity contribution in [3.8, 4) is 22.3 Å². The van der Waals surface area contributed by atoms with Gasteiger partial charge in [-0.15, -0.1) is 0 Å². The Kier molecular flexibility index (Phi) is 7.01. The smallest absolute Gasteiger partial charge is 0.284 e. The van der Waals surface area contributed by atoms with Gasteiger partial charge in [0.05, 0.1) is 52.8 Å². The Morgan fingerprint density at radius 3 is 0.935 bits per heavy atom. The maximum atomic E-state index is 12.3. The van der Waals surface area contributed by atoms with Gasteiger partial charge in [0.15, 0.2) is 11.6 Å². The van der Waals surface area contributed by atoms with E-state index in [4.69, 9.17) is 0 Å². The van der Waals surface area contributed by atoms with Crippen LogP contribution in [0.3, 0.4) is 0 Å². The number of ketones is 2. The molecule has 20 heteroatoms. The molecule has 2 aliphatic rings. The number of carbonyl (C=O) groups excluding carboxylic acids is 2. The average Bonchev–Trinajstić information content (AvgIpc) is 3.46. The van der Waals surface area contributed by atoms with E-state index < -0.39 is 63.9 Å². The first-order valence-electron chi connectivity index (χ1n) is 12.2. The molecule has 0 aliphatic heterocycles. The van der Waals surface area contributed by atoms with Gasteiger partial charge < -0.3 is 0 Å². The minimum Gasteiger partial charge on any atom is -0.289 e. The quantitative estimate of drug-likeness (QED) is 0.168. The number of rotatable bonds is 6. The van der Waals surface area contributed by atoms with Gasteiger partial charge in [-0.25, -0.2) is 0 Å². The molecule has 0 unspecified atom stereocenters. The Hall–Kier alpha value is -7.38. The Bertz CT molecular complexity index is 2020. The highest BCUT2D eigenvalue weighted by atomic mass is 16.6. The summed E-state index contributed by atoms with van der Waals surface area (Å²) in [7, 11) is 0. The first kappa shape index (κ1) is 30.1. The Labute approximate surface area is 251 Å². The molecule has 2 aliphatic carbocycles. The van der Waals surface area contributed by atoms with Crippen LogP contribution in [0.4, 0.5) is 34.1 Å². The summed E-state index contributed by atoms with van der Waals surface area (Å²) in [6.07, 6.45) is 0. The number of nitrogens with zero attached hydrogens (tertiary/aromatic N) is 6. The van der Waals surface area contributed by atoms with Crippen LogP contribution >= 0.6 is 0 Å². The van der Waals surface area contributed by atoms with Crippen LogP contribution in [-0.2, 0) is 0 Å². The molecule has 0 spiro atoms. The van der Waals surface area contributed by atoms with E-state index >= 15 is 0 Å². The van der Waals surface area contributed by atoms with Crippen molar-refractivity contribution in [1.82, 2.24) is 0 Å². The molecule has 0 heterocycles. The number of benzene rings is 4. The lowest BCUT2D eigenvalue weighted by Crippen LogP contribution is -2.00. The zero-order chi connectivity index (χ0) is 33.8. The molecule has 0 aromatic heterocycles. The second-order valence-corrected chi connectivity index (χ2v) is 9.44. The molecule has 46 heavy (non-hydrogen) atoms. The molecule has 0 amide bonds. The predicted octanol–water partition coefficient (Wildman–Crippen LogP) is 5.25. The van der Waals surface area contributed by atoms with Crippen molar-refractivity contribution in [2.24, 2.45) is 0 Å². The summed E-state index contributed by atoms with van der Waals surface area (Å²) in [5.41, 5.74) is -3.45. The zero-order valence-electron chi connectivity index (χ0n) is 22.2. The van der Waals surface area contributed by atoms with Gasteiger partial charge in [0.25, 0.3) is 34.1 Å². The largest absolute Gasteiger partial charge is 0.289 e. The molecule has 0 fully saturated rings. The molecule has 6 rings (SSSR count). The minimum atomic E-state index is -0.841. The fourth-order valence-corrected chi connectivity index (χ4v) is 5.04. The van der Waals surface area contributed by atoms with Crippen molar-refractivity contribution < 1.29 is 39.1 Å². The van der Waals surface area contributed by atoms with Crippen LogP contribution in [0.2, 0.25) is 0 Å². The molecule has 4 aromatic rings. The molecule has 0 saturated heterocycles. The summed E-state index contributed by atoms with van der Waals surface area (Å²) in [6.45, 7) is 0. The summed E-state index contributed by atoms with van der Waals surface area (Å²) in [5.74, 6) is -1.43. The maximum absolute atomic E-state index is 12.3. The number of carbonyl (C=O) groups is 2. The number of hydrogen-bond donors (Lipinski definition) is 0. The van der Waals surface area contributed by atoms with Crippen LogP contribution in [0.1, 0.15) is 31.8 Å². The van der Waals surface area contributed by atoms with Gasteiger partial charge >= 0.3 is 0 Å². The second-order valence-electron chi connectivity index (χ2n) is 9.44. The number of nitro groups is 6. The van der Waals surface area contributed by atoms with Gasteiger partial charge in [-0.1, -0.05) is 0 Å². The standard InChI is InChI=1S/2C13H5N3O7/c2*17-13-9-3-6(14(18)19)1-2-8(9)12-10(13)4-7(15(20)21)5-11(12)16(22)23/h2*1-5H. The fourth-order valence-electron chi connectivity index (χ4n) is 5.04. The summed E-state index contributed by atoms with van der Waals surface area (Å²) < 4.78 is 0. The van der Waals surface area contributed by atoms with E-state index in [-0.39, 0.29) is 55.9 Å². The van der Waals surface area contributed by atoms with E-state index in [2.05, 4.69) is 0 Å². The number of nitro benzene ring substituents is 6. The van der Waals surface area contributed by atoms with E-state index in [9.17, 15) is 70.3 Å². The van der Waals surface area contributed by atoms with Gasteiger partial charge in [-0.05, 0) is 12.1 Å². The molecular weight excluding hydrogens is 620 g/mol. The van der Waals surface area contributed by atoms with Crippen LogP contribution < -0.4 is 0 Å². The molecule has 0 bridgehead atoms. The average molecular weight is 630 g/mol. The second kappa shape index (κ2) is 10.7. The van der Waals surface area contributed by atoms with Crippen molar-refractivity contribution in [1.29, 1.82) is 0 Å². The number of hydrogen-bond acceptors (Lipinski definition) is 14. The molecule has 20 nitrogen and oxygen atoms in total. The topological polar surface area (TPSA) is 293 Å². The van der Waals surface area contributed by atoms with Gasteiger partial charge in [0.2, 0.25) is 0 Å². The van der Waals surface area contributed by atoms with Crippen LogP contribution in [0.15, 0.2) is 60.7 Å². The molecule has 4 aromatic carbocycles. The Morgan fingerprint density at radius 1 is 0.348 bits per heavy atom. The molecule has 0 atom stereocenters. The lowest BCUT2D eigenvalue weighted by Gasteiger charge is -2.02. The molecule has 0 saturated carbocycles. The summed E-state index contributed by atoms with van der Waals surface area (Å²) >= 11 is 0. The Morgan fingerprint density at radius 2 is 0.652 bits per heavy atom. The zero-order valence-corrected chi connectivity index (χ0v) is 22.2. The van der Waals surface area contributed by atoms with Crippen molar-refractivity contribution in [2.45, 2.75) is 0 Å². The van der Waals surface area contributed by atoms with Crippen molar-refractivity contribution in [2.75, 3.05) is 0 Å². The van der Waals surface area contributed by atoms with E-state index in [1.807, 2.05) is 0 Å². The third-order valence-corrected chi connectivity index (χ3v) is 6.96. The van der Waals surface area contributed by atoms with Crippen LogP contribution in [0.5, 0.6) is 0 Å². The van der Waals surface area contributed by atoms with E-state index in [0.29, 0.717) is 0 Å². The summed E-state index contributed by atoms with van der Waals surface area (Å²) in [4.78, 5) is 85.7. The van der Waals surface area contributed by atoms with E-state index in [1.165, 1.54) is 12.1 Å². The number of non-ortho nitro benzene ring substituents is 4.